The molecule has 6 heteroatoms. The largest absolute Gasteiger partial charge is 0.342 e. The van der Waals surface area contributed by atoms with Gasteiger partial charge >= 0.3 is 0 Å². The van der Waals surface area contributed by atoms with Gasteiger partial charge in [0.25, 0.3) is 5.91 Å². The van der Waals surface area contributed by atoms with Gasteiger partial charge < -0.3 is 9.47 Å². The minimum atomic E-state index is -0.522. The summed E-state index contributed by atoms with van der Waals surface area (Å²) in [6.45, 7) is 1.97. The quantitative estimate of drug-likeness (QED) is 0.551. The van der Waals surface area contributed by atoms with Crippen LogP contribution in [0.15, 0.2) is 48.5 Å². The average Bonchev–Trinajstić information content (AvgIpc) is 3.05. The van der Waals surface area contributed by atoms with Gasteiger partial charge in [0, 0.05) is 25.7 Å². The Morgan fingerprint density at radius 3 is 2.63 bits per heavy atom. The van der Waals surface area contributed by atoms with Crippen molar-refractivity contribution in [3.8, 4) is 0 Å². The number of aromatic nitrogens is 2. The van der Waals surface area contributed by atoms with Crippen molar-refractivity contribution in [2.75, 3.05) is 18.0 Å². The smallest absolute Gasteiger partial charge is 0.274 e. The molecule has 1 aromatic heterocycles. The zero-order chi connectivity index (χ0) is 18.8. The van der Waals surface area contributed by atoms with E-state index >= 15 is 0 Å². The summed E-state index contributed by atoms with van der Waals surface area (Å²) in [6.07, 6.45) is 3.43. The van der Waals surface area contributed by atoms with Crippen molar-refractivity contribution in [3.63, 3.8) is 0 Å². The number of imidazole rings is 1. The lowest BCUT2D eigenvalue weighted by atomic mass is 9.90. The Balaban J connectivity index is 1.48. The predicted molar refractivity (Wildman–Crippen MR) is 105 cm³/mol. The Morgan fingerprint density at radius 1 is 1.19 bits per heavy atom. The van der Waals surface area contributed by atoms with Gasteiger partial charge in [-0.05, 0) is 48.9 Å². The second-order valence-electron chi connectivity index (χ2n) is 7.24. The zero-order valence-electron chi connectivity index (χ0n) is 15.4. The average molecular weight is 364 g/mol. The van der Waals surface area contributed by atoms with Crippen LogP contribution in [0.1, 0.15) is 28.8 Å². The van der Waals surface area contributed by atoms with Crippen LogP contribution in [0, 0.1) is 5.92 Å². The molecule has 6 nitrogen and oxygen atoms in total. The Labute approximate surface area is 158 Å². The number of anilines is 1. The van der Waals surface area contributed by atoms with E-state index in [2.05, 4.69) is 39.8 Å². The summed E-state index contributed by atoms with van der Waals surface area (Å²) in [6, 6.07) is 16.0. The molecule has 1 aliphatic rings. The van der Waals surface area contributed by atoms with Gasteiger partial charge in [0.15, 0.2) is 0 Å². The molecule has 3 aromatic rings. The van der Waals surface area contributed by atoms with Crippen LogP contribution in [-0.4, -0.2) is 33.8 Å². The van der Waals surface area contributed by atoms with Gasteiger partial charge in [-0.15, -0.1) is 0 Å². The maximum atomic E-state index is 11.6. The number of rotatable bonds is 4. The summed E-state index contributed by atoms with van der Waals surface area (Å²) in [7, 11) is 2.01. The van der Waals surface area contributed by atoms with Crippen LogP contribution in [0.2, 0.25) is 0 Å². The van der Waals surface area contributed by atoms with Gasteiger partial charge in [0.2, 0.25) is 5.95 Å². The zero-order valence-corrected chi connectivity index (χ0v) is 15.4. The summed E-state index contributed by atoms with van der Waals surface area (Å²) in [4.78, 5) is 18.7. The monoisotopic (exact) mass is 364 g/mol. The molecule has 1 amide bonds. The highest BCUT2D eigenvalue weighted by Gasteiger charge is 2.23. The predicted octanol–water partition coefficient (Wildman–Crippen LogP) is 3.15. The Bertz CT molecular complexity index is 943. The third kappa shape index (κ3) is 3.53. The van der Waals surface area contributed by atoms with E-state index in [1.54, 1.807) is 17.6 Å². The number of piperidine rings is 1. The normalized spacial score (nSPS) is 15.3. The first-order valence-electron chi connectivity index (χ1n) is 9.35. The third-order valence-corrected chi connectivity index (χ3v) is 5.49. The second kappa shape index (κ2) is 7.40. The van der Waals surface area contributed by atoms with Gasteiger partial charge in [-0.2, -0.15) is 0 Å². The van der Waals surface area contributed by atoms with E-state index in [9.17, 15) is 4.79 Å². The van der Waals surface area contributed by atoms with Gasteiger partial charge in [0.1, 0.15) is 0 Å². The van der Waals surface area contributed by atoms with E-state index < -0.39 is 5.91 Å². The van der Waals surface area contributed by atoms with Crippen LogP contribution in [0.4, 0.5) is 5.95 Å². The van der Waals surface area contributed by atoms with Crippen molar-refractivity contribution < 1.29 is 10.0 Å². The molecule has 2 aromatic carbocycles. The van der Waals surface area contributed by atoms with Crippen LogP contribution < -0.4 is 10.4 Å². The topological polar surface area (TPSA) is 70.4 Å². The number of hydrogen-bond acceptors (Lipinski definition) is 4. The molecule has 2 heterocycles. The number of carbonyl (C=O) groups is 1. The molecule has 140 valence electrons. The second-order valence-corrected chi connectivity index (χ2v) is 7.24. The van der Waals surface area contributed by atoms with Gasteiger partial charge in [-0.3, -0.25) is 10.0 Å². The SMILES string of the molecule is Cn1c(N2CCC(Cc3ccccc3)CC2)nc2cc(C(=O)NO)ccc21. The first-order valence-corrected chi connectivity index (χ1v) is 9.35. The third-order valence-electron chi connectivity index (χ3n) is 5.49. The highest BCUT2D eigenvalue weighted by Crippen LogP contribution is 2.28. The number of benzene rings is 2. The van der Waals surface area contributed by atoms with Crippen molar-refractivity contribution in [2.45, 2.75) is 19.3 Å². The number of nitrogens with one attached hydrogen (secondary N) is 1. The number of fused-ring (bicyclic) bond motifs is 1. The summed E-state index contributed by atoms with van der Waals surface area (Å²) < 4.78 is 2.08. The molecule has 1 fully saturated rings. The molecule has 0 atom stereocenters. The number of hydrogen-bond donors (Lipinski definition) is 2. The van der Waals surface area contributed by atoms with Crippen molar-refractivity contribution >= 4 is 22.9 Å². The molecule has 27 heavy (non-hydrogen) atoms. The molecule has 0 aliphatic carbocycles. The number of amides is 1. The molecule has 2 N–H and O–H groups in total. The van der Waals surface area contributed by atoms with E-state index in [-0.39, 0.29) is 0 Å². The molecule has 0 saturated carbocycles. The Morgan fingerprint density at radius 2 is 1.93 bits per heavy atom. The summed E-state index contributed by atoms with van der Waals surface area (Å²) in [5.41, 5.74) is 5.22. The fourth-order valence-electron chi connectivity index (χ4n) is 3.96. The van der Waals surface area contributed by atoms with E-state index in [4.69, 9.17) is 10.2 Å². The Kier molecular flexibility index (Phi) is 4.81. The first-order chi connectivity index (χ1) is 13.2. The van der Waals surface area contributed by atoms with Crippen LogP contribution in [0.5, 0.6) is 0 Å². The minimum absolute atomic E-state index is 0.399. The van der Waals surface area contributed by atoms with E-state index in [0.29, 0.717) is 11.5 Å². The minimum Gasteiger partial charge on any atom is -0.342 e. The lowest BCUT2D eigenvalue weighted by molar-refractivity contribution is 0.0706. The van der Waals surface area contributed by atoms with Gasteiger partial charge in [-0.25, -0.2) is 10.5 Å². The fourth-order valence-corrected chi connectivity index (χ4v) is 3.96. The fraction of sp³-hybridized carbons (Fsp3) is 0.333. The number of carbonyl (C=O) groups excluding carboxylic acids is 1. The summed E-state index contributed by atoms with van der Waals surface area (Å²) in [5.74, 6) is 1.12. The molecular formula is C21H24N4O2. The van der Waals surface area contributed by atoms with E-state index in [1.807, 2.05) is 13.1 Å². The maximum absolute atomic E-state index is 11.6. The van der Waals surface area contributed by atoms with Crippen molar-refractivity contribution in [1.82, 2.24) is 15.0 Å². The first kappa shape index (κ1) is 17.5. The van der Waals surface area contributed by atoms with Gasteiger partial charge in [-0.1, -0.05) is 30.3 Å². The highest BCUT2D eigenvalue weighted by molar-refractivity contribution is 5.97. The molecular weight excluding hydrogens is 340 g/mol. The van der Waals surface area contributed by atoms with E-state index in [0.717, 1.165) is 49.3 Å². The van der Waals surface area contributed by atoms with Gasteiger partial charge in [0.05, 0.1) is 11.0 Å². The number of aryl methyl sites for hydroxylation is 1. The Hall–Kier alpha value is -2.86. The molecule has 0 radical (unpaired) electrons. The lowest BCUT2D eigenvalue weighted by Crippen LogP contribution is -2.35. The summed E-state index contributed by atoms with van der Waals surface area (Å²) in [5, 5.41) is 8.82. The number of hydroxylamine groups is 1. The van der Waals surface area contributed by atoms with Crippen molar-refractivity contribution in [1.29, 1.82) is 0 Å². The standard InChI is InChI=1S/C21H24N4O2/c1-24-19-8-7-17(20(26)23-27)14-18(19)22-21(24)25-11-9-16(10-12-25)13-15-5-3-2-4-6-15/h2-8,14,16,27H,9-13H2,1H3,(H,23,26). The lowest BCUT2D eigenvalue weighted by Gasteiger charge is -2.32. The van der Waals surface area contributed by atoms with Crippen molar-refractivity contribution in [3.05, 3.63) is 59.7 Å². The maximum Gasteiger partial charge on any atom is 0.274 e. The van der Waals surface area contributed by atoms with Crippen LogP contribution in [0.3, 0.4) is 0 Å². The summed E-state index contributed by atoms with van der Waals surface area (Å²) >= 11 is 0. The number of nitrogens with zero attached hydrogens (tertiary/aromatic N) is 3. The molecule has 0 unspecified atom stereocenters. The molecule has 0 spiro atoms. The van der Waals surface area contributed by atoms with Crippen molar-refractivity contribution in [2.24, 2.45) is 13.0 Å². The van der Waals surface area contributed by atoms with E-state index in [1.165, 1.54) is 5.56 Å². The molecule has 4 rings (SSSR count). The van der Waals surface area contributed by atoms with Crippen LogP contribution in [0.25, 0.3) is 11.0 Å². The van der Waals surface area contributed by atoms with Crippen LogP contribution in [-0.2, 0) is 13.5 Å². The highest BCUT2D eigenvalue weighted by atomic mass is 16.5. The molecule has 1 aliphatic heterocycles. The molecule has 0 bridgehead atoms. The molecule has 1 saturated heterocycles. The van der Waals surface area contributed by atoms with Crippen LogP contribution >= 0.6 is 0 Å².